The van der Waals surface area contributed by atoms with Crippen LogP contribution in [0.4, 0.5) is 0 Å². The van der Waals surface area contributed by atoms with E-state index in [2.05, 4.69) is 5.32 Å². The molecule has 1 saturated carbocycles. The second-order valence-corrected chi connectivity index (χ2v) is 5.21. The molecule has 1 atom stereocenters. The summed E-state index contributed by atoms with van der Waals surface area (Å²) in [5, 5.41) is 2.84. The molecular weight excluding hydrogens is 246 g/mol. The van der Waals surface area contributed by atoms with Gasteiger partial charge < -0.3 is 19.5 Å². The fraction of sp³-hybridized carbons (Fsp3) is 0.929. The largest absolute Gasteiger partial charge is 0.376 e. The number of ether oxygens (including phenoxy) is 3. The first kappa shape index (κ1) is 14.8. The van der Waals surface area contributed by atoms with Crippen LogP contribution in [0.2, 0.25) is 0 Å². The number of hydrogen-bond donors (Lipinski definition) is 1. The number of carbonyl (C=O) groups is 1. The van der Waals surface area contributed by atoms with Gasteiger partial charge in [0.15, 0.2) is 6.10 Å². The molecule has 1 aliphatic carbocycles. The number of hydrogen-bond acceptors (Lipinski definition) is 4. The molecule has 0 bridgehead atoms. The van der Waals surface area contributed by atoms with Gasteiger partial charge in [0.25, 0.3) is 5.91 Å². The number of amides is 1. The molecule has 1 aliphatic heterocycles. The molecule has 1 N–H and O–H groups in total. The molecule has 5 heteroatoms. The SMILES string of the molecule is O=C(NCCOC1CCCCCC1)[C@@H]1COCCO1. The molecule has 110 valence electrons. The highest BCUT2D eigenvalue weighted by atomic mass is 16.6. The van der Waals surface area contributed by atoms with Crippen LogP contribution in [0.3, 0.4) is 0 Å². The highest BCUT2D eigenvalue weighted by Crippen LogP contribution is 2.19. The van der Waals surface area contributed by atoms with E-state index in [0.29, 0.717) is 39.1 Å². The fourth-order valence-electron chi connectivity index (χ4n) is 2.56. The number of rotatable bonds is 5. The average molecular weight is 271 g/mol. The molecule has 1 heterocycles. The minimum absolute atomic E-state index is 0.0934. The Morgan fingerprint density at radius 1 is 1.16 bits per heavy atom. The molecule has 2 fully saturated rings. The van der Waals surface area contributed by atoms with E-state index in [-0.39, 0.29) is 5.91 Å². The van der Waals surface area contributed by atoms with E-state index in [9.17, 15) is 4.79 Å². The molecule has 1 amide bonds. The monoisotopic (exact) mass is 271 g/mol. The number of nitrogens with one attached hydrogen (secondary N) is 1. The maximum absolute atomic E-state index is 11.7. The van der Waals surface area contributed by atoms with E-state index >= 15 is 0 Å². The van der Waals surface area contributed by atoms with E-state index in [1.165, 1.54) is 25.7 Å². The third-order valence-electron chi connectivity index (χ3n) is 3.67. The zero-order valence-electron chi connectivity index (χ0n) is 11.6. The quantitative estimate of drug-likeness (QED) is 0.604. The van der Waals surface area contributed by atoms with Crippen molar-refractivity contribution in [2.24, 2.45) is 0 Å². The summed E-state index contributed by atoms with van der Waals surface area (Å²) in [6.45, 7) is 2.57. The fourth-order valence-corrected chi connectivity index (χ4v) is 2.56. The van der Waals surface area contributed by atoms with Crippen molar-refractivity contribution in [3.63, 3.8) is 0 Å². The minimum atomic E-state index is -0.452. The van der Waals surface area contributed by atoms with Gasteiger partial charge >= 0.3 is 0 Å². The Morgan fingerprint density at radius 3 is 2.63 bits per heavy atom. The van der Waals surface area contributed by atoms with Crippen molar-refractivity contribution in [1.29, 1.82) is 0 Å². The van der Waals surface area contributed by atoms with E-state index in [1.807, 2.05) is 0 Å². The van der Waals surface area contributed by atoms with Gasteiger partial charge in [0.05, 0.1) is 32.5 Å². The van der Waals surface area contributed by atoms with Crippen LogP contribution in [0, 0.1) is 0 Å². The second kappa shape index (κ2) is 8.51. The summed E-state index contributed by atoms with van der Waals surface area (Å²) in [4.78, 5) is 11.7. The first-order valence-electron chi connectivity index (χ1n) is 7.45. The maximum Gasteiger partial charge on any atom is 0.251 e. The zero-order valence-corrected chi connectivity index (χ0v) is 11.6. The number of carbonyl (C=O) groups excluding carboxylic acids is 1. The molecule has 0 radical (unpaired) electrons. The van der Waals surface area contributed by atoms with Crippen molar-refractivity contribution in [2.75, 3.05) is 33.0 Å². The molecule has 2 rings (SSSR count). The van der Waals surface area contributed by atoms with Crippen molar-refractivity contribution < 1.29 is 19.0 Å². The summed E-state index contributed by atoms with van der Waals surface area (Å²) in [6, 6.07) is 0. The molecule has 0 aromatic heterocycles. The summed E-state index contributed by atoms with van der Waals surface area (Å²) in [5.41, 5.74) is 0. The van der Waals surface area contributed by atoms with Gasteiger partial charge in [-0.25, -0.2) is 0 Å². The van der Waals surface area contributed by atoms with Gasteiger partial charge in [0.1, 0.15) is 0 Å². The van der Waals surface area contributed by atoms with Gasteiger partial charge in [0, 0.05) is 6.54 Å². The van der Waals surface area contributed by atoms with Gasteiger partial charge in [0.2, 0.25) is 0 Å². The third-order valence-corrected chi connectivity index (χ3v) is 3.67. The predicted octanol–water partition coefficient (Wildman–Crippen LogP) is 1.26. The normalized spacial score (nSPS) is 25.8. The standard InChI is InChI=1S/C14H25NO4/c16-14(13-11-17-9-10-19-13)15-7-8-18-12-5-3-1-2-4-6-12/h12-13H,1-11H2,(H,15,16)/t13-/m0/s1. The Kier molecular flexibility index (Phi) is 6.61. The minimum Gasteiger partial charge on any atom is -0.376 e. The van der Waals surface area contributed by atoms with Gasteiger partial charge in [-0.05, 0) is 12.8 Å². The molecular formula is C14H25NO4. The van der Waals surface area contributed by atoms with Crippen molar-refractivity contribution in [3.8, 4) is 0 Å². The Labute approximate surface area is 115 Å². The molecule has 5 nitrogen and oxygen atoms in total. The smallest absolute Gasteiger partial charge is 0.251 e. The first-order valence-corrected chi connectivity index (χ1v) is 7.45. The van der Waals surface area contributed by atoms with E-state index in [1.54, 1.807) is 0 Å². The molecule has 2 aliphatic rings. The molecule has 0 spiro atoms. The molecule has 0 unspecified atom stereocenters. The van der Waals surface area contributed by atoms with Crippen molar-refractivity contribution in [1.82, 2.24) is 5.32 Å². The van der Waals surface area contributed by atoms with E-state index in [0.717, 1.165) is 12.8 Å². The second-order valence-electron chi connectivity index (χ2n) is 5.21. The van der Waals surface area contributed by atoms with E-state index in [4.69, 9.17) is 14.2 Å². The molecule has 19 heavy (non-hydrogen) atoms. The summed E-state index contributed by atoms with van der Waals surface area (Å²) in [5.74, 6) is -0.0934. The van der Waals surface area contributed by atoms with E-state index < -0.39 is 6.10 Å². The van der Waals surface area contributed by atoms with Crippen molar-refractivity contribution >= 4 is 5.91 Å². The van der Waals surface area contributed by atoms with Crippen LogP contribution >= 0.6 is 0 Å². The average Bonchev–Trinajstić information content (AvgIpc) is 2.73. The lowest BCUT2D eigenvalue weighted by Crippen LogP contribution is -2.43. The van der Waals surface area contributed by atoms with Crippen LogP contribution in [-0.4, -0.2) is 51.1 Å². The van der Waals surface area contributed by atoms with Crippen LogP contribution in [0.25, 0.3) is 0 Å². The molecule has 0 aromatic carbocycles. The molecule has 0 aromatic rings. The summed E-state index contributed by atoms with van der Waals surface area (Å²) in [6.07, 6.45) is 7.45. The van der Waals surface area contributed by atoms with Crippen LogP contribution in [0.1, 0.15) is 38.5 Å². The Balaban J connectivity index is 1.54. The Hall–Kier alpha value is -0.650. The topological polar surface area (TPSA) is 56.8 Å². The van der Waals surface area contributed by atoms with Crippen LogP contribution in [0.15, 0.2) is 0 Å². The molecule has 1 saturated heterocycles. The van der Waals surface area contributed by atoms with Crippen LogP contribution in [0.5, 0.6) is 0 Å². The first-order chi connectivity index (χ1) is 9.36. The lowest BCUT2D eigenvalue weighted by atomic mass is 10.1. The third kappa shape index (κ3) is 5.47. The summed E-state index contributed by atoms with van der Waals surface area (Å²) < 4.78 is 16.3. The predicted molar refractivity (Wildman–Crippen MR) is 71.0 cm³/mol. The lowest BCUT2D eigenvalue weighted by Gasteiger charge is -2.22. The Bertz CT molecular complexity index is 258. The van der Waals surface area contributed by atoms with Gasteiger partial charge in [-0.2, -0.15) is 0 Å². The summed E-state index contributed by atoms with van der Waals surface area (Å²) in [7, 11) is 0. The van der Waals surface area contributed by atoms with Crippen molar-refractivity contribution in [2.45, 2.75) is 50.7 Å². The van der Waals surface area contributed by atoms with Gasteiger partial charge in [-0.3, -0.25) is 4.79 Å². The maximum atomic E-state index is 11.7. The zero-order chi connectivity index (χ0) is 13.3. The highest BCUT2D eigenvalue weighted by molar-refractivity contribution is 5.80. The van der Waals surface area contributed by atoms with Crippen LogP contribution in [-0.2, 0) is 19.0 Å². The summed E-state index contributed by atoms with van der Waals surface area (Å²) >= 11 is 0. The highest BCUT2D eigenvalue weighted by Gasteiger charge is 2.22. The lowest BCUT2D eigenvalue weighted by molar-refractivity contribution is -0.147. The van der Waals surface area contributed by atoms with Gasteiger partial charge in [-0.15, -0.1) is 0 Å². The van der Waals surface area contributed by atoms with Crippen LogP contribution < -0.4 is 5.32 Å². The van der Waals surface area contributed by atoms with Crippen molar-refractivity contribution in [3.05, 3.63) is 0 Å². The Morgan fingerprint density at radius 2 is 1.95 bits per heavy atom. The van der Waals surface area contributed by atoms with Gasteiger partial charge in [-0.1, -0.05) is 25.7 Å².